The summed E-state index contributed by atoms with van der Waals surface area (Å²) in [5.74, 6) is 0. The molecule has 2 heterocycles. The molecule has 2 nitrogen and oxygen atoms in total. The van der Waals surface area contributed by atoms with E-state index in [1.807, 2.05) is 0 Å². The minimum atomic E-state index is 0.283. The summed E-state index contributed by atoms with van der Waals surface area (Å²) >= 11 is 0. The fourth-order valence-corrected chi connectivity index (χ4v) is 1.73. The van der Waals surface area contributed by atoms with Crippen LogP contribution in [0.1, 0.15) is 20.3 Å². The van der Waals surface area contributed by atoms with Crippen LogP contribution in [0.15, 0.2) is 0 Å². The lowest BCUT2D eigenvalue weighted by Gasteiger charge is -2.24. The average molecular weight is 141 g/mol. The number of piperidine rings is 1. The van der Waals surface area contributed by atoms with Crippen LogP contribution in [-0.4, -0.2) is 36.2 Å². The first kappa shape index (κ1) is 6.62. The molecule has 0 saturated carbocycles. The van der Waals surface area contributed by atoms with Crippen molar-refractivity contribution >= 4 is 0 Å². The lowest BCUT2D eigenvalue weighted by atomic mass is 9.99. The number of rotatable bonds is 1. The largest absolute Gasteiger partial charge is 0.365 e. The minimum Gasteiger partial charge on any atom is -0.365 e. The lowest BCUT2D eigenvalue weighted by Crippen LogP contribution is -2.37. The number of ether oxygens (including phenoxy) is 1. The van der Waals surface area contributed by atoms with Gasteiger partial charge in [-0.25, -0.2) is 0 Å². The predicted molar refractivity (Wildman–Crippen MR) is 40.0 cm³/mol. The first-order valence-electron chi connectivity index (χ1n) is 4.15. The van der Waals surface area contributed by atoms with E-state index in [0.29, 0.717) is 6.10 Å². The second-order valence-corrected chi connectivity index (χ2v) is 3.56. The van der Waals surface area contributed by atoms with Gasteiger partial charge in [-0.3, -0.25) is 0 Å². The number of hydrogen-bond acceptors (Lipinski definition) is 2. The van der Waals surface area contributed by atoms with Gasteiger partial charge in [0.25, 0.3) is 0 Å². The topological polar surface area (TPSA) is 15.8 Å². The van der Waals surface area contributed by atoms with E-state index in [2.05, 4.69) is 18.7 Å². The molecule has 58 valence electrons. The molecule has 0 aliphatic carbocycles. The van der Waals surface area contributed by atoms with Crippen molar-refractivity contribution in [2.24, 2.45) is 0 Å². The fraction of sp³-hybridized carbons (Fsp3) is 1.00. The number of hydrogen-bond donors (Lipinski definition) is 0. The van der Waals surface area contributed by atoms with E-state index in [4.69, 9.17) is 4.74 Å². The number of fused-ring (bicyclic) bond motifs is 1. The SMILES string of the molecule is CCN1CC[C@@]2(C)O[C@H]2C1. The monoisotopic (exact) mass is 141 g/mol. The summed E-state index contributed by atoms with van der Waals surface area (Å²) in [7, 11) is 0. The third kappa shape index (κ3) is 0.867. The van der Waals surface area contributed by atoms with Gasteiger partial charge in [0, 0.05) is 13.1 Å². The van der Waals surface area contributed by atoms with Gasteiger partial charge in [0.05, 0.1) is 11.7 Å². The molecule has 10 heavy (non-hydrogen) atoms. The van der Waals surface area contributed by atoms with Crippen LogP contribution < -0.4 is 0 Å². The van der Waals surface area contributed by atoms with Crippen molar-refractivity contribution in [3.8, 4) is 0 Å². The molecule has 0 aromatic rings. The second-order valence-electron chi connectivity index (χ2n) is 3.56. The van der Waals surface area contributed by atoms with Crippen molar-refractivity contribution in [1.82, 2.24) is 4.90 Å². The second kappa shape index (κ2) is 1.95. The van der Waals surface area contributed by atoms with Crippen molar-refractivity contribution in [3.05, 3.63) is 0 Å². The van der Waals surface area contributed by atoms with E-state index >= 15 is 0 Å². The summed E-state index contributed by atoms with van der Waals surface area (Å²) in [5.41, 5.74) is 0.283. The van der Waals surface area contributed by atoms with Crippen LogP contribution in [0.25, 0.3) is 0 Å². The molecule has 0 spiro atoms. The zero-order valence-electron chi connectivity index (χ0n) is 6.76. The maximum absolute atomic E-state index is 5.56. The highest BCUT2D eigenvalue weighted by atomic mass is 16.6. The Kier molecular flexibility index (Phi) is 1.29. The third-order valence-electron chi connectivity index (χ3n) is 2.83. The van der Waals surface area contributed by atoms with Crippen molar-refractivity contribution in [3.63, 3.8) is 0 Å². The molecule has 2 aliphatic rings. The first-order valence-corrected chi connectivity index (χ1v) is 4.15. The first-order chi connectivity index (χ1) is 4.74. The molecule has 0 bridgehead atoms. The van der Waals surface area contributed by atoms with Gasteiger partial charge in [0.2, 0.25) is 0 Å². The molecule has 0 amide bonds. The quantitative estimate of drug-likeness (QED) is 0.504. The molecule has 2 aliphatic heterocycles. The summed E-state index contributed by atoms with van der Waals surface area (Å²) in [6.45, 7) is 8.00. The molecule has 2 atom stereocenters. The normalized spacial score (nSPS) is 46.8. The Hall–Kier alpha value is -0.0800. The Labute approximate surface area is 62.2 Å². The molecule has 0 unspecified atom stereocenters. The molecule has 0 N–H and O–H groups in total. The molecule has 0 aromatic carbocycles. The highest BCUT2D eigenvalue weighted by Gasteiger charge is 2.54. The van der Waals surface area contributed by atoms with E-state index in [0.717, 1.165) is 6.54 Å². The summed E-state index contributed by atoms with van der Waals surface area (Å²) in [6.07, 6.45) is 1.78. The summed E-state index contributed by atoms with van der Waals surface area (Å²) in [6, 6.07) is 0. The Bertz CT molecular complexity index is 148. The molecular weight excluding hydrogens is 126 g/mol. The van der Waals surface area contributed by atoms with Gasteiger partial charge in [0.1, 0.15) is 0 Å². The van der Waals surface area contributed by atoms with E-state index in [1.165, 1.54) is 19.5 Å². The zero-order valence-corrected chi connectivity index (χ0v) is 6.76. The van der Waals surface area contributed by atoms with Gasteiger partial charge < -0.3 is 9.64 Å². The van der Waals surface area contributed by atoms with Gasteiger partial charge in [-0.1, -0.05) is 6.92 Å². The maximum atomic E-state index is 5.56. The van der Waals surface area contributed by atoms with Gasteiger partial charge >= 0.3 is 0 Å². The van der Waals surface area contributed by atoms with E-state index in [1.54, 1.807) is 0 Å². The van der Waals surface area contributed by atoms with Crippen LogP contribution in [0.3, 0.4) is 0 Å². The van der Waals surface area contributed by atoms with Crippen LogP contribution in [0.2, 0.25) is 0 Å². The minimum absolute atomic E-state index is 0.283. The van der Waals surface area contributed by atoms with E-state index in [-0.39, 0.29) is 5.60 Å². The molecule has 2 fully saturated rings. The molecule has 2 saturated heterocycles. The number of nitrogens with zero attached hydrogens (tertiary/aromatic N) is 1. The van der Waals surface area contributed by atoms with Crippen molar-refractivity contribution < 1.29 is 4.74 Å². The smallest absolute Gasteiger partial charge is 0.0997 e. The average Bonchev–Trinajstić information content (AvgIpc) is 2.59. The van der Waals surface area contributed by atoms with Crippen molar-refractivity contribution in [2.75, 3.05) is 19.6 Å². The van der Waals surface area contributed by atoms with Crippen LogP contribution in [-0.2, 0) is 4.74 Å². The highest BCUT2D eigenvalue weighted by molar-refractivity contribution is 5.03. The highest BCUT2D eigenvalue weighted by Crippen LogP contribution is 2.42. The number of likely N-dealkylation sites (N-methyl/N-ethyl adjacent to an activating group) is 1. The molecule has 0 radical (unpaired) electrons. The standard InChI is InChI=1S/C8H15NO/c1-3-9-5-4-8(2)7(6-9)10-8/h7H,3-6H2,1-2H3/t7-,8+/m0/s1. The Balaban J connectivity index is 1.93. The van der Waals surface area contributed by atoms with E-state index < -0.39 is 0 Å². The Morgan fingerprint density at radius 1 is 1.70 bits per heavy atom. The lowest BCUT2D eigenvalue weighted by molar-refractivity contribution is 0.241. The van der Waals surface area contributed by atoms with Crippen LogP contribution in [0, 0.1) is 0 Å². The maximum Gasteiger partial charge on any atom is 0.0997 e. The van der Waals surface area contributed by atoms with Gasteiger partial charge in [-0.2, -0.15) is 0 Å². The van der Waals surface area contributed by atoms with Gasteiger partial charge in [-0.05, 0) is 19.9 Å². The fourth-order valence-electron chi connectivity index (χ4n) is 1.73. The third-order valence-corrected chi connectivity index (χ3v) is 2.83. The zero-order chi connectivity index (χ0) is 7.19. The van der Waals surface area contributed by atoms with Crippen LogP contribution in [0.4, 0.5) is 0 Å². The molecule has 0 aromatic heterocycles. The molecule has 2 rings (SSSR count). The van der Waals surface area contributed by atoms with Gasteiger partial charge in [-0.15, -0.1) is 0 Å². The van der Waals surface area contributed by atoms with Crippen molar-refractivity contribution in [2.45, 2.75) is 32.0 Å². The van der Waals surface area contributed by atoms with Crippen LogP contribution >= 0.6 is 0 Å². The predicted octanol–water partition coefficient (Wildman–Crippen LogP) is 0.869. The summed E-state index contributed by atoms with van der Waals surface area (Å²) in [4.78, 5) is 2.46. The van der Waals surface area contributed by atoms with Crippen molar-refractivity contribution in [1.29, 1.82) is 0 Å². The van der Waals surface area contributed by atoms with Gasteiger partial charge in [0.15, 0.2) is 0 Å². The molecular formula is C8H15NO. The van der Waals surface area contributed by atoms with E-state index in [9.17, 15) is 0 Å². The Morgan fingerprint density at radius 3 is 3.10 bits per heavy atom. The molecule has 2 heteroatoms. The summed E-state index contributed by atoms with van der Waals surface area (Å²) < 4.78 is 5.56. The number of likely N-dealkylation sites (tertiary alicyclic amines) is 1. The Morgan fingerprint density at radius 2 is 2.50 bits per heavy atom. The van der Waals surface area contributed by atoms with Crippen LogP contribution in [0.5, 0.6) is 0 Å². The summed E-state index contributed by atoms with van der Waals surface area (Å²) in [5, 5.41) is 0. The number of epoxide rings is 1.